The van der Waals surface area contributed by atoms with Gasteiger partial charge in [-0.2, -0.15) is 5.10 Å². The Bertz CT molecular complexity index is 389. The maximum Gasteiger partial charge on any atom is 0.212 e. The smallest absolute Gasteiger partial charge is 0.212 e. The van der Waals surface area contributed by atoms with Gasteiger partial charge < -0.3 is 9.47 Å². The molecule has 94 valence electrons. The molecule has 1 saturated heterocycles. The molecule has 0 amide bonds. The average Bonchev–Trinajstić information content (AvgIpc) is 2.76. The molecule has 0 unspecified atom stereocenters. The van der Waals surface area contributed by atoms with Crippen LogP contribution < -0.4 is 0 Å². The molecule has 1 aromatic heterocycles. The number of ketones is 1. The molecule has 2 rings (SSSR count). The third kappa shape index (κ3) is 2.25. The van der Waals surface area contributed by atoms with Crippen LogP contribution in [0.3, 0.4) is 0 Å². The normalized spacial score (nSPS) is 19.2. The highest BCUT2D eigenvalue weighted by Crippen LogP contribution is 2.29. The van der Waals surface area contributed by atoms with Gasteiger partial charge in [-0.1, -0.05) is 0 Å². The van der Waals surface area contributed by atoms with Crippen molar-refractivity contribution in [3.05, 3.63) is 18.0 Å². The number of ether oxygens (including phenoxy) is 2. The number of Topliss-reactive ketones (excluding diaryl/α,β-unsaturated/α-hetero) is 1. The van der Waals surface area contributed by atoms with Gasteiger partial charge in [0.2, 0.25) is 5.78 Å². The van der Waals surface area contributed by atoms with Crippen LogP contribution in [0.15, 0.2) is 12.3 Å². The molecule has 1 aliphatic heterocycles. The number of nitrogens with zero attached hydrogens (tertiary/aromatic N) is 2. The lowest BCUT2D eigenvalue weighted by atomic mass is 9.87. The van der Waals surface area contributed by atoms with E-state index in [9.17, 15) is 4.79 Å². The van der Waals surface area contributed by atoms with Gasteiger partial charge in [0, 0.05) is 45.9 Å². The standard InChI is InChI=1S/C12H18N2O3/c1-3-17-12(5-8-16-9-6-12)11(15)10-4-7-13-14(10)2/h4,7H,3,5-6,8-9H2,1-2H3. The van der Waals surface area contributed by atoms with Crippen molar-refractivity contribution >= 4 is 5.78 Å². The van der Waals surface area contributed by atoms with Gasteiger partial charge in [-0.3, -0.25) is 9.48 Å². The van der Waals surface area contributed by atoms with Crippen LogP contribution in [0.25, 0.3) is 0 Å². The monoisotopic (exact) mass is 238 g/mol. The second kappa shape index (κ2) is 4.98. The topological polar surface area (TPSA) is 53.3 Å². The first-order chi connectivity index (χ1) is 8.19. The Hall–Kier alpha value is -1.20. The van der Waals surface area contributed by atoms with Crippen LogP contribution >= 0.6 is 0 Å². The van der Waals surface area contributed by atoms with Crippen LogP contribution in [-0.2, 0) is 16.5 Å². The molecule has 0 saturated carbocycles. The first-order valence-corrected chi connectivity index (χ1v) is 5.94. The Balaban J connectivity index is 2.27. The molecule has 5 nitrogen and oxygen atoms in total. The zero-order chi connectivity index (χ0) is 12.3. The number of rotatable bonds is 4. The van der Waals surface area contributed by atoms with Crippen molar-refractivity contribution in [3.63, 3.8) is 0 Å². The van der Waals surface area contributed by atoms with Crippen molar-refractivity contribution in [2.45, 2.75) is 25.4 Å². The van der Waals surface area contributed by atoms with Crippen LogP contribution in [-0.4, -0.2) is 41.0 Å². The van der Waals surface area contributed by atoms with Crippen LogP contribution in [0.2, 0.25) is 0 Å². The summed E-state index contributed by atoms with van der Waals surface area (Å²) in [5, 5.41) is 4.03. The summed E-state index contributed by atoms with van der Waals surface area (Å²) in [7, 11) is 1.77. The predicted molar refractivity (Wildman–Crippen MR) is 61.9 cm³/mol. The molecule has 0 bridgehead atoms. The largest absolute Gasteiger partial charge is 0.381 e. The van der Waals surface area contributed by atoms with E-state index in [1.807, 2.05) is 6.92 Å². The van der Waals surface area contributed by atoms with Crippen molar-refractivity contribution in [1.29, 1.82) is 0 Å². The Morgan fingerprint density at radius 1 is 1.59 bits per heavy atom. The highest BCUT2D eigenvalue weighted by molar-refractivity contribution is 6.01. The Labute approximate surface area is 101 Å². The van der Waals surface area contributed by atoms with E-state index in [0.29, 0.717) is 38.4 Å². The third-order valence-corrected chi connectivity index (χ3v) is 3.19. The van der Waals surface area contributed by atoms with Gasteiger partial charge in [0.1, 0.15) is 11.3 Å². The molecule has 0 aliphatic carbocycles. The SMILES string of the molecule is CCOC1(C(=O)c2ccnn2C)CCOCC1. The number of aromatic nitrogens is 2. The molecule has 2 heterocycles. The maximum atomic E-state index is 12.6. The Morgan fingerprint density at radius 3 is 2.82 bits per heavy atom. The van der Waals surface area contributed by atoms with Gasteiger partial charge in [0.15, 0.2) is 0 Å². The minimum absolute atomic E-state index is 0.0163. The lowest BCUT2D eigenvalue weighted by Gasteiger charge is -2.35. The molecule has 0 aromatic carbocycles. The number of carbonyl (C=O) groups excluding carboxylic acids is 1. The van der Waals surface area contributed by atoms with Gasteiger partial charge in [0.05, 0.1) is 0 Å². The summed E-state index contributed by atoms with van der Waals surface area (Å²) in [5.41, 5.74) is -0.124. The van der Waals surface area contributed by atoms with Crippen LogP contribution in [0.5, 0.6) is 0 Å². The Morgan fingerprint density at radius 2 is 2.29 bits per heavy atom. The van der Waals surface area contributed by atoms with E-state index >= 15 is 0 Å². The van der Waals surface area contributed by atoms with Crippen LogP contribution in [0.4, 0.5) is 0 Å². The minimum atomic E-state index is -0.721. The zero-order valence-electron chi connectivity index (χ0n) is 10.3. The molecule has 0 spiro atoms. The van der Waals surface area contributed by atoms with E-state index in [-0.39, 0.29) is 5.78 Å². The van der Waals surface area contributed by atoms with E-state index in [4.69, 9.17) is 9.47 Å². The summed E-state index contributed by atoms with van der Waals surface area (Å²) >= 11 is 0. The fourth-order valence-corrected chi connectivity index (χ4v) is 2.24. The van der Waals surface area contributed by atoms with Gasteiger partial charge in [0.25, 0.3) is 0 Å². The van der Waals surface area contributed by atoms with Crippen LogP contribution in [0.1, 0.15) is 30.3 Å². The second-order valence-corrected chi connectivity index (χ2v) is 4.21. The van der Waals surface area contributed by atoms with Crippen molar-refractivity contribution in [2.75, 3.05) is 19.8 Å². The van der Waals surface area contributed by atoms with E-state index in [1.165, 1.54) is 0 Å². The third-order valence-electron chi connectivity index (χ3n) is 3.19. The molecule has 1 aromatic rings. The summed E-state index contributed by atoms with van der Waals surface area (Å²) in [6.45, 7) is 3.59. The highest BCUT2D eigenvalue weighted by Gasteiger charge is 2.42. The average molecular weight is 238 g/mol. The van der Waals surface area contributed by atoms with Crippen molar-refractivity contribution in [2.24, 2.45) is 7.05 Å². The lowest BCUT2D eigenvalue weighted by Crippen LogP contribution is -2.47. The quantitative estimate of drug-likeness (QED) is 0.739. The first-order valence-electron chi connectivity index (χ1n) is 5.94. The van der Waals surface area contributed by atoms with Gasteiger partial charge in [-0.25, -0.2) is 0 Å². The molecule has 0 radical (unpaired) electrons. The zero-order valence-corrected chi connectivity index (χ0v) is 10.3. The molecule has 1 fully saturated rings. The fraction of sp³-hybridized carbons (Fsp3) is 0.667. The molecular weight excluding hydrogens is 220 g/mol. The summed E-state index contributed by atoms with van der Waals surface area (Å²) in [6.07, 6.45) is 2.86. The molecule has 0 N–H and O–H groups in total. The van der Waals surface area contributed by atoms with Crippen LogP contribution in [0, 0.1) is 0 Å². The fourth-order valence-electron chi connectivity index (χ4n) is 2.24. The van der Waals surface area contributed by atoms with Crippen molar-refractivity contribution < 1.29 is 14.3 Å². The number of carbonyl (C=O) groups is 1. The Kier molecular flexibility index (Phi) is 3.59. The molecular formula is C12H18N2O3. The van der Waals surface area contributed by atoms with E-state index in [0.717, 1.165) is 0 Å². The minimum Gasteiger partial charge on any atom is -0.381 e. The number of hydrogen-bond acceptors (Lipinski definition) is 4. The summed E-state index contributed by atoms with van der Waals surface area (Å²) in [6, 6.07) is 1.73. The summed E-state index contributed by atoms with van der Waals surface area (Å²) in [5.74, 6) is 0.0163. The van der Waals surface area contributed by atoms with Gasteiger partial charge in [-0.05, 0) is 13.0 Å². The summed E-state index contributed by atoms with van der Waals surface area (Å²) in [4.78, 5) is 12.6. The second-order valence-electron chi connectivity index (χ2n) is 4.21. The molecule has 5 heteroatoms. The number of aryl methyl sites for hydroxylation is 1. The molecule has 0 atom stereocenters. The highest BCUT2D eigenvalue weighted by atomic mass is 16.5. The van der Waals surface area contributed by atoms with Gasteiger partial charge >= 0.3 is 0 Å². The maximum absolute atomic E-state index is 12.6. The molecule has 1 aliphatic rings. The van der Waals surface area contributed by atoms with E-state index in [2.05, 4.69) is 5.10 Å². The van der Waals surface area contributed by atoms with Gasteiger partial charge in [-0.15, -0.1) is 0 Å². The van der Waals surface area contributed by atoms with Crippen molar-refractivity contribution in [1.82, 2.24) is 9.78 Å². The summed E-state index contributed by atoms with van der Waals surface area (Å²) < 4.78 is 12.7. The lowest BCUT2D eigenvalue weighted by molar-refractivity contribution is -0.0825. The van der Waals surface area contributed by atoms with E-state index < -0.39 is 5.60 Å². The molecule has 17 heavy (non-hydrogen) atoms. The van der Waals surface area contributed by atoms with E-state index in [1.54, 1.807) is 24.0 Å². The predicted octanol–water partition coefficient (Wildman–Crippen LogP) is 1.19. The van der Waals surface area contributed by atoms with Crippen molar-refractivity contribution in [3.8, 4) is 0 Å². The first kappa shape index (κ1) is 12.3. The number of hydrogen-bond donors (Lipinski definition) is 0.